The number of methoxy groups -OCH3 is 1. The minimum atomic E-state index is -0.730. The van der Waals surface area contributed by atoms with E-state index in [-0.39, 0.29) is 0 Å². The lowest BCUT2D eigenvalue weighted by molar-refractivity contribution is -0.113. The maximum absolute atomic E-state index is 10.7. The zero-order valence-corrected chi connectivity index (χ0v) is 12.9. The molecule has 0 saturated heterocycles. The van der Waals surface area contributed by atoms with Crippen LogP contribution in [0.3, 0.4) is 0 Å². The molecule has 0 spiro atoms. The number of aliphatic hydroxyl groups is 1. The van der Waals surface area contributed by atoms with E-state index in [1.54, 1.807) is 7.11 Å². The van der Waals surface area contributed by atoms with E-state index in [1.807, 2.05) is 45.0 Å². The molecule has 2 atom stereocenters. The van der Waals surface area contributed by atoms with E-state index < -0.39 is 11.7 Å². The number of para-hydroxylation sites is 1. The van der Waals surface area contributed by atoms with Gasteiger partial charge >= 0.3 is 0 Å². The summed E-state index contributed by atoms with van der Waals surface area (Å²) in [6, 6.07) is 7.52. The van der Waals surface area contributed by atoms with E-state index >= 15 is 0 Å². The Bertz CT molecular complexity index is 394. The van der Waals surface area contributed by atoms with Crippen LogP contribution in [0.2, 0.25) is 0 Å². The molecular weight excluding hydrogens is 256 g/mol. The van der Waals surface area contributed by atoms with Gasteiger partial charge in [0.15, 0.2) is 0 Å². The van der Waals surface area contributed by atoms with E-state index in [0.29, 0.717) is 32.0 Å². The highest BCUT2D eigenvalue weighted by Gasteiger charge is 2.34. The molecule has 0 aromatic heterocycles. The fourth-order valence-electron chi connectivity index (χ4n) is 2.11. The standard InChI is InChI=1S/C16H26O4/c1-5-16(3,20-6-2)15(17)13-9-7-8-10-14(13)19-12-11-18-4/h7-10,15,17H,5-6,11-12H2,1-4H3. The maximum atomic E-state index is 10.7. The number of aliphatic hydroxyl groups excluding tert-OH is 1. The largest absolute Gasteiger partial charge is 0.491 e. The Morgan fingerprint density at radius 1 is 1.20 bits per heavy atom. The highest BCUT2D eigenvalue weighted by atomic mass is 16.5. The lowest BCUT2D eigenvalue weighted by atomic mass is 9.89. The molecule has 0 saturated carbocycles. The SMILES string of the molecule is CCOC(C)(CC)C(O)c1ccccc1OCCOC. The van der Waals surface area contributed by atoms with E-state index in [9.17, 15) is 5.11 Å². The Kier molecular flexibility index (Phi) is 6.99. The zero-order valence-electron chi connectivity index (χ0n) is 12.9. The molecule has 0 fully saturated rings. The molecule has 0 radical (unpaired) electrons. The van der Waals surface area contributed by atoms with Crippen molar-refractivity contribution in [3.05, 3.63) is 29.8 Å². The number of benzene rings is 1. The van der Waals surface area contributed by atoms with Gasteiger partial charge in [-0.25, -0.2) is 0 Å². The zero-order chi connectivity index (χ0) is 15.0. The fraction of sp³-hybridized carbons (Fsp3) is 0.625. The molecule has 4 nitrogen and oxygen atoms in total. The molecule has 1 rings (SSSR count). The molecule has 0 amide bonds. The van der Waals surface area contributed by atoms with Crippen molar-refractivity contribution in [1.29, 1.82) is 0 Å². The topological polar surface area (TPSA) is 47.9 Å². The summed E-state index contributed by atoms with van der Waals surface area (Å²) >= 11 is 0. The van der Waals surface area contributed by atoms with Crippen molar-refractivity contribution in [2.45, 2.75) is 38.9 Å². The van der Waals surface area contributed by atoms with Gasteiger partial charge < -0.3 is 19.3 Å². The third-order valence-electron chi connectivity index (χ3n) is 3.51. The molecule has 1 aromatic rings. The second-order valence-corrected chi connectivity index (χ2v) is 4.88. The molecule has 114 valence electrons. The minimum Gasteiger partial charge on any atom is -0.491 e. The fourth-order valence-corrected chi connectivity index (χ4v) is 2.11. The van der Waals surface area contributed by atoms with E-state index in [4.69, 9.17) is 14.2 Å². The third kappa shape index (κ3) is 4.20. The van der Waals surface area contributed by atoms with Crippen molar-refractivity contribution < 1.29 is 19.3 Å². The summed E-state index contributed by atoms with van der Waals surface area (Å²) in [4.78, 5) is 0. The van der Waals surface area contributed by atoms with Crippen LogP contribution >= 0.6 is 0 Å². The smallest absolute Gasteiger partial charge is 0.125 e. The second-order valence-electron chi connectivity index (χ2n) is 4.88. The number of hydrogen-bond acceptors (Lipinski definition) is 4. The Labute approximate surface area is 121 Å². The lowest BCUT2D eigenvalue weighted by Gasteiger charge is -2.34. The summed E-state index contributed by atoms with van der Waals surface area (Å²) in [5, 5.41) is 10.7. The average Bonchev–Trinajstić information content (AvgIpc) is 2.47. The maximum Gasteiger partial charge on any atom is 0.125 e. The third-order valence-corrected chi connectivity index (χ3v) is 3.51. The Morgan fingerprint density at radius 3 is 2.50 bits per heavy atom. The predicted molar refractivity (Wildman–Crippen MR) is 79.1 cm³/mol. The van der Waals surface area contributed by atoms with Crippen molar-refractivity contribution in [3.8, 4) is 5.75 Å². The second kappa shape index (κ2) is 8.25. The molecule has 1 N–H and O–H groups in total. The molecule has 20 heavy (non-hydrogen) atoms. The summed E-state index contributed by atoms with van der Waals surface area (Å²) in [5.41, 5.74) is 0.136. The van der Waals surface area contributed by atoms with Gasteiger partial charge in [-0.15, -0.1) is 0 Å². The van der Waals surface area contributed by atoms with Crippen LogP contribution in [-0.2, 0) is 9.47 Å². The Hall–Kier alpha value is -1.10. The van der Waals surface area contributed by atoms with Crippen LogP contribution in [0.15, 0.2) is 24.3 Å². The van der Waals surface area contributed by atoms with Gasteiger partial charge in [0.25, 0.3) is 0 Å². The van der Waals surface area contributed by atoms with Crippen molar-refractivity contribution in [2.75, 3.05) is 26.9 Å². The van der Waals surface area contributed by atoms with E-state index in [1.165, 1.54) is 0 Å². The molecule has 0 aliphatic heterocycles. The van der Waals surface area contributed by atoms with Crippen molar-refractivity contribution in [3.63, 3.8) is 0 Å². The summed E-state index contributed by atoms with van der Waals surface area (Å²) in [6.45, 7) is 7.40. The number of rotatable bonds is 9. The first-order valence-corrected chi connectivity index (χ1v) is 7.11. The van der Waals surface area contributed by atoms with Crippen molar-refractivity contribution in [1.82, 2.24) is 0 Å². The van der Waals surface area contributed by atoms with Crippen LogP contribution in [0.25, 0.3) is 0 Å². The van der Waals surface area contributed by atoms with E-state index in [0.717, 1.165) is 5.56 Å². The first-order chi connectivity index (χ1) is 9.59. The van der Waals surface area contributed by atoms with Gasteiger partial charge in [-0.2, -0.15) is 0 Å². The molecule has 0 heterocycles. The van der Waals surface area contributed by atoms with Gasteiger partial charge in [0.2, 0.25) is 0 Å². The number of ether oxygens (including phenoxy) is 3. The summed E-state index contributed by atoms with van der Waals surface area (Å²) in [6.07, 6.45) is -0.0137. The van der Waals surface area contributed by atoms with Gasteiger partial charge in [-0.05, 0) is 26.3 Å². The molecule has 0 aliphatic carbocycles. The average molecular weight is 282 g/mol. The van der Waals surface area contributed by atoms with Gasteiger partial charge in [0.1, 0.15) is 18.5 Å². The van der Waals surface area contributed by atoms with Crippen LogP contribution in [0, 0.1) is 0 Å². The Morgan fingerprint density at radius 2 is 1.90 bits per heavy atom. The molecule has 1 aromatic carbocycles. The lowest BCUT2D eigenvalue weighted by Crippen LogP contribution is -2.36. The highest BCUT2D eigenvalue weighted by Crippen LogP contribution is 2.36. The highest BCUT2D eigenvalue weighted by molar-refractivity contribution is 5.36. The van der Waals surface area contributed by atoms with Crippen LogP contribution in [0.5, 0.6) is 5.75 Å². The summed E-state index contributed by atoms with van der Waals surface area (Å²) in [7, 11) is 1.63. The van der Waals surface area contributed by atoms with Gasteiger partial charge in [0.05, 0.1) is 12.2 Å². The van der Waals surface area contributed by atoms with Gasteiger partial charge in [-0.3, -0.25) is 0 Å². The van der Waals surface area contributed by atoms with Gasteiger partial charge in [-0.1, -0.05) is 25.1 Å². The van der Waals surface area contributed by atoms with E-state index in [2.05, 4.69) is 0 Å². The predicted octanol–water partition coefficient (Wildman–Crippen LogP) is 2.95. The van der Waals surface area contributed by atoms with Crippen LogP contribution < -0.4 is 4.74 Å². The summed E-state index contributed by atoms with van der Waals surface area (Å²) < 4.78 is 16.4. The number of hydrogen-bond donors (Lipinski definition) is 1. The van der Waals surface area contributed by atoms with Crippen LogP contribution in [-0.4, -0.2) is 37.6 Å². The first-order valence-electron chi connectivity index (χ1n) is 7.11. The Balaban J connectivity index is 2.93. The first kappa shape index (κ1) is 17.0. The van der Waals surface area contributed by atoms with Crippen molar-refractivity contribution >= 4 is 0 Å². The quantitative estimate of drug-likeness (QED) is 0.707. The monoisotopic (exact) mass is 282 g/mol. The molecular formula is C16H26O4. The molecule has 2 unspecified atom stereocenters. The van der Waals surface area contributed by atoms with Crippen LogP contribution in [0.4, 0.5) is 0 Å². The van der Waals surface area contributed by atoms with Crippen LogP contribution in [0.1, 0.15) is 38.9 Å². The minimum absolute atomic E-state index is 0.456. The normalized spacial score (nSPS) is 15.7. The summed E-state index contributed by atoms with van der Waals surface area (Å²) in [5.74, 6) is 0.677. The molecule has 0 aliphatic rings. The molecule has 0 bridgehead atoms. The van der Waals surface area contributed by atoms with Crippen molar-refractivity contribution in [2.24, 2.45) is 0 Å². The van der Waals surface area contributed by atoms with Gasteiger partial charge in [0, 0.05) is 19.3 Å². The molecule has 4 heteroatoms.